The molecule has 154 valence electrons. The monoisotopic (exact) mass is 450 g/mol. The SMILES string of the molecule is O=COc1cc(OC=O)nc(NC(=O)NS(=O)(=O)c2c(Cl)ccc3ccccc23)n1. The summed E-state index contributed by atoms with van der Waals surface area (Å²) in [4.78, 5) is 40.2. The number of nitrogens with zero attached hydrogens (tertiary/aromatic N) is 2. The number of hydrogen-bond acceptors (Lipinski definition) is 9. The van der Waals surface area contributed by atoms with Gasteiger partial charge in [-0.05, 0) is 11.5 Å². The van der Waals surface area contributed by atoms with Crippen LogP contribution in [0.5, 0.6) is 11.8 Å². The van der Waals surface area contributed by atoms with Crippen molar-refractivity contribution >= 4 is 57.3 Å². The molecule has 0 bridgehead atoms. The molecule has 0 saturated carbocycles. The van der Waals surface area contributed by atoms with E-state index in [9.17, 15) is 22.8 Å². The highest BCUT2D eigenvalue weighted by Crippen LogP contribution is 2.30. The summed E-state index contributed by atoms with van der Waals surface area (Å²) in [7, 11) is -4.40. The van der Waals surface area contributed by atoms with Gasteiger partial charge in [0, 0.05) is 5.39 Å². The molecule has 2 N–H and O–H groups in total. The molecule has 11 nitrogen and oxygen atoms in total. The van der Waals surface area contributed by atoms with Crippen molar-refractivity contribution in [1.29, 1.82) is 0 Å². The Morgan fingerprint density at radius 2 is 1.63 bits per heavy atom. The second kappa shape index (κ2) is 8.71. The predicted molar refractivity (Wildman–Crippen MR) is 104 cm³/mol. The number of amides is 2. The number of halogens is 1. The lowest BCUT2D eigenvalue weighted by molar-refractivity contribution is -0.121. The van der Waals surface area contributed by atoms with Crippen molar-refractivity contribution in [3.05, 3.63) is 47.5 Å². The molecule has 30 heavy (non-hydrogen) atoms. The van der Waals surface area contributed by atoms with Crippen LogP contribution >= 0.6 is 11.6 Å². The average molecular weight is 451 g/mol. The van der Waals surface area contributed by atoms with E-state index in [0.29, 0.717) is 10.8 Å². The van der Waals surface area contributed by atoms with Gasteiger partial charge in [-0.3, -0.25) is 14.9 Å². The first-order valence-corrected chi connectivity index (χ1v) is 9.81. The van der Waals surface area contributed by atoms with Crippen LogP contribution in [0.25, 0.3) is 10.8 Å². The Kier molecular flexibility index (Phi) is 6.09. The van der Waals surface area contributed by atoms with Gasteiger partial charge in [-0.1, -0.05) is 41.9 Å². The average Bonchev–Trinajstić information content (AvgIpc) is 2.67. The molecule has 1 aromatic heterocycles. The number of nitrogens with one attached hydrogen (secondary N) is 2. The maximum atomic E-state index is 12.8. The van der Waals surface area contributed by atoms with Gasteiger partial charge in [-0.25, -0.2) is 17.9 Å². The summed E-state index contributed by atoms with van der Waals surface area (Å²) in [5, 5.41) is 2.86. The normalized spacial score (nSPS) is 10.8. The molecule has 2 amide bonds. The molecule has 0 saturated heterocycles. The van der Waals surface area contributed by atoms with E-state index in [1.54, 1.807) is 35.1 Å². The number of carbonyl (C=O) groups excluding carboxylic acids is 3. The number of benzene rings is 2. The first-order valence-electron chi connectivity index (χ1n) is 7.95. The van der Waals surface area contributed by atoms with Crippen molar-refractivity contribution < 1.29 is 32.3 Å². The second-order valence-electron chi connectivity index (χ2n) is 5.45. The molecule has 0 aliphatic rings. The third kappa shape index (κ3) is 4.61. The van der Waals surface area contributed by atoms with E-state index >= 15 is 0 Å². The van der Waals surface area contributed by atoms with Gasteiger partial charge in [0.15, 0.2) is 0 Å². The van der Waals surface area contributed by atoms with Crippen LogP contribution in [-0.4, -0.2) is 37.4 Å². The summed E-state index contributed by atoms with van der Waals surface area (Å²) in [5.41, 5.74) is 0. The van der Waals surface area contributed by atoms with Gasteiger partial charge in [0.1, 0.15) is 4.90 Å². The zero-order valence-corrected chi connectivity index (χ0v) is 16.3. The summed E-state index contributed by atoms with van der Waals surface area (Å²) >= 11 is 6.07. The number of rotatable bonds is 7. The number of urea groups is 1. The molecular weight excluding hydrogens is 440 g/mol. The Labute approximate surface area is 174 Å². The fraction of sp³-hybridized carbons (Fsp3) is 0. The lowest BCUT2D eigenvalue weighted by atomic mass is 10.1. The molecule has 2 aromatic carbocycles. The molecule has 0 atom stereocenters. The first-order chi connectivity index (χ1) is 14.3. The number of ether oxygens (including phenoxy) is 2. The number of aromatic nitrogens is 2. The van der Waals surface area contributed by atoms with Gasteiger partial charge in [0.25, 0.3) is 23.0 Å². The van der Waals surface area contributed by atoms with Gasteiger partial charge in [0.2, 0.25) is 17.7 Å². The summed E-state index contributed by atoms with van der Waals surface area (Å²) < 4.78 is 36.4. The van der Waals surface area contributed by atoms with Crippen LogP contribution in [0.4, 0.5) is 10.7 Å². The largest absolute Gasteiger partial charge is 0.409 e. The summed E-state index contributed by atoms with van der Waals surface area (Å²) in [5.74, 6) is -1.21. The van der Waals surface area contributed by atoms with Gasteiger partial charge in [-0.15, -0.1) is 0 Å². The van der Waals surface area contributed by atoms with E-state index in [1.165, 1.54) is 6.07 Å². The Balaban J connectivity index is 1.89. The van der Waals surface area contributed by atoms with E-state index in [2.05, 4.69) is 19.4 Å². The lowest BCUT2D eigenvalue weighted by Gasteiger charge is -2.12. The summed E-state index contributed by atoms with van der Waals surface area (Å²) in [6, 6.07) is 9.36. The minimum absolute atomic E-state index is 0.0455. The summed E-state index contributed by atoms with van der Waals surface area (Å²) in [6.45, 7) is 0.0910. The molecule has 13 heteroatoms. The van der Waals surface area contributed by atoms with E-state index in [-0.39, 0.29) is 34.6 Å². The number of fused-ring (bicyclic) bond motifs is 1. The minimum Gasteiger partial charge on any atom is -0.409 e. The third-order valence-corrected chi connectivity index (χ3v) is 5.43. The van der Waals surface area contributed by atoms with Crippen molar-refractivity contribution in [2.24, 2.45) is 0 Å². The highest BCUT2D eigenvalue weighted by atomic mass is 35.5. The predicted octanol–water partition coefficient (Wildman–Crippen LogP) is 1.86. The Morgan fingerprint density at radius 3 is 2.27 bits per heavy atom. The van der Waals surface area contributed by atoms with Gasteiger partial charge in [-0.2, -0.15) is 9.97 Å². The van der Waals surface area contributed by atoms with Gasteiger partial charge >= 0.3 is 6.03 Å². The van der Waals surface area contributed by atoms with Crippen LogP contribution in [0.2, 0.25) is 5.02 Å². The molecule has 1 heterocycles. The van der Waals surface area contributed by atoms with Gasteiger partial charge in [0.05, 0.1) is 11.1 Å². The van der Waals surface area contributed by atoms with Crippen molar-refractivity contribution in [3.63, 3.8) is 0 Å². The highest BCUT2D eigenvalue weighted by Gasteiger charge is 2.24. The second-order valence-corrected chi connectivity index (χ2v) is 7.48. The first kappa shape index (κ1) is 21.0. The fourth-order valence-electron chi connectivity index (χ4n) is 2.47. The molecule has 3 aromatic rings. The lowest BCUT2D eigenvalue weighted by Crippen LogP contribution is -2.35. The van der Waals surface area contributed by atoms with E-state index in [0.717, 1.165) is 6.07 Å². The standard InChI is InChI=1S/C17H11ClN4O7S/c18-12-6-5-10-3-1-2-4-11(10)15(12)30(26,27)22-17(25)21-16-19-13(28-8-23)7-14(20-16)29-9-24/h1-9H,(H2,19,20,21,22,25). The van der Waals surface area contributed by atoms with Crippen molar-refractivity contribution in [2.75, 3.05) is 5.32 Å². The maximum Gasteiger partial charge on any atom is 0.335 e. The molecule has 0 unspecified atom stereocenters. The zero-order chi connectivity index (χ0) is 21.7. The van der Waals surface area contributed by atoms with E-state index in [4.69, 9.17) is 11.6 Å². The third-order valence-electron chi connectivity index (χ3n) is 3.57. The Morgan fingerprint density at radius 1 is 1.00 bits per heavy atom. The van der Waals surface area contributed by atoms with Crippen molar-refractivity contribution in [2.45, 2.75) is 4.90 Å². The van der Waals surface area contributed by atoms with Crippen LogP contribution in [0.1, 0.15) is 0 Å². The van der Waals surface area contributed by atoms with Gasteiger partial charge < -0.3 is 9.47 Å². The smallest absolute Gasteiger partial charge is 0.335 e. The van der Waals surface area contributed by atoms with Crippen LogP contribution in [0.15, 0.2) is 47.4 Å². The van der Waals surface area contributed by atoms with Crippen LogP contribution in [0.3, 0.4) is 0 Å². The van der Waals surface area contributed by atoms with E-state index < -0.39 is 22.0 Å². The van der Waals surface area contributed by atoms with Crippen molar-refractivity contribution in [1.82, 2.24) is 14.7 Å². The zero-order valence-electron chi connectivity index (χ0n) is 14.7. The fourth-order valence-corrected chi connectivity index (χ4v) is 4.14. The quantitative estimate of drug-likeness (QED) is 0.513. The number of carbonyl (C=O) groups is 3. The minimum atomic E-state index is -4.40. The van der Waals surface area contributed by atoms with Crippen LogP contribution in [-0.2, 0) is 19.6 Å². The number of hydrogen-bond donors (Lipinski definition) is 2. The molecule has 0 fully saturated rings. The Hall–Kier alpha value is -3.77. The molecule has 3 rings (SSSR count). The van der Waals surface area contributed by atoms with E-state index in [1.807, 2.05) is 5.32 Å². The van der Waals surface area contributed by atoms with Crippen molar-refractivity contribution in [3.8, 4) is 11.8 Å². The summed E-state index contributed by atoms with van der Waals surface area (Å²) in [6.07, 6.45) is 0. The molecule has 0 radical (unpaired) electrons. The molecule has 0 aliphatic carbocycles. The maximum absolute atomic E-state index is 12.8. The van der Waals surface area contributed by atoms with Crippen LogP contribution in [0, 0.1) is 0 Å². The van der Waals surface area contributed by atoms with Crippen LogP contribution < -0.4 is 19.5 Å². The molecular formula is C17H11ClN4O7S. The molecule has 0 aliphatic heterocycles. The number of anilines is 1. The molecule has 0 spiro atoms. The Bertz CT molecular complexity index is 1220. The number of sulfonamides is 1. The topological polar surface area (TPSA) is 154 Å². The highest BCUT2D eigenvalue weighted by molar-refractivity contribution is 7.90.